The lowest BCUT2D eigenvalue weighted by Gasteiger charge is -2.55. The monoisotopic (exact) mass is 348 g/mol. The average molecular weight is 349 g/mol. The summed E-state index contributed by atoms with van der Waals surface area (Å²) in [5, 5.41) is 3.81. The number of guanidine groups is 1. The predicted molar refractivity (Wildman–Crippen MR) is 102 cm³/mol. The van der Waals surface area contributed by atoms with Crippen LogP contribution in [0.3, 0.4) is 0 Å². The van der Waals surface area contributed by atoms with Crippen LogP contribution in [0.25, 0.3) is 0 Å². The Balaban J connectivity index is 1.31. The van der Waals surface area contributed by atoms with Gasteiger partial charge in [-0.2, -0.15) is 0 Å². The van der Waals surface area contributed by atoms with Crippen LogP contribution in [-0.4, -0.2) is 74.3 Å². The molecular weight excluding hydrogens is 312 g/mol. The summed E-state index contributed by atoms with van der Waals surface area (Å²) in [5.74, 6) is 2.58. The lowest BCUT2D eigenvalue weighted by atomic mass is 9.57. The van der Waals surface area contributed by atoms with Crippen LogP contribution in [0.1, 0.15) is 46.0 Å². The van der Waals surface area contributed by atoms with E-state index in [1.807, 2.05) is 7.05 Å². The molecule has 0 radical (unpaired) electrons. The van der Waals surface area contributed by atoms with Gasteiger partial charge < -0.3 is 19.9 Å². The second-order valence-corrected chi connectivity index (χ2v) is 9.20. The van der Waals surface area contributed by atoms with Crippen molar-refractivity contribution in [3.63, 3.8) is 0 Å². The predicted octanol–water partition coefficient (Wildman–Crippen LogP) is 2.18. The van der Waals surface area contributed by atoms with Gasteiger partial charge >= 0.3 is 0 Å². The smallest absolute Gasteiger partial charge is 0.193 e. The fourth-order valence-electron chi connectivity index (χ4n) is 5.73. The Labute approximate surface area is 153 Å². The molecule has 4 atom stereocenters. The van der Waals surface area contributed by atoms with Crippen molar-refractivity contribution in [2.45, 2.75) is 58.1 Å². The number of nitrogens with zero attached hydrogens (tertiary/aromatic N) is 3. The highest BCUT2D eigenvalue weighted by atomic mass is 16.5. The minimum atomic E-state index is 0.212. The minimum absolute atomic E-state index is 0.212. The van der Waals surface area contributed by atoms with Gasteiger partial charge in [-0.05, 0) is 44.7 Å². The molecule has 3 heterocycles. The number of ether oxygens (including phenoxy) is 1. The van der Waals surface area contributed by atoms with Crippen molar-refractivity contribution in [1.29, 1.82) is 0 Å². The van der Waals surface area contributed by atoms with Gasteiger partial charge in [0, 0.05) is 50.7 Å². The quantitative estimate of drug-likeness (QED) is 0.627. The third kappa shape index (κ3) is 3.30. The van der Waals surface area contributed by atoms with Crippen molar-refractivity contribution < 1.29 is 4.74 Å². The SMILES string of the molecule is CN=C(NC1C2CCOC2C1(C)C)N1CCC(CN2CCCCC2)C1. The van der Waals surface area contributed by atoms with E-state index in [1.54, 1.807) is 0 Å². The van der Waals surface area contributed by atoms with Gasteiger partial charge in [-0.3, -0.25) is 4.99 Å². The van der Waals surface area contributed by atoms with E-state index >= 15 is 0 Å². The van der Waals surface area contributed by atoms with Crippen LogP contribution in [0.15, 0.2) is 4.99 Å². The molecular formula is C20H36N4O. The van der Waals surface area contributed by atoms with Gasteiger partial charge in [0.1, 0.15) is 0 Å². The minimum Gasteiger partial charge on any atom is -0.377 e. The number of aliphatic imine (C=N–C) groups is 1. The molecule has 0 bridgehead atoms. The first-order valence-electron chi connectivity index (χ1n) is 10.4. The van der Waals surface area contributed by atoms with E-state index in [1.165, 1.54) is 51.7 Å². The molecule has 4 unspecified atom stereocenters. The maximum Gasteiger partial charge on any atom is 0.193 e. The normalized spacial score (nSPS) is 38.5. The van der Waals surface area contributed by atoms with Crippen molar-refractivity contribution in [2.24, 2.45) is 22.2 Å². The van der Waals surface area contributed by atoms with Crippen molar-refractivity contribution >= 4 is 5.96 Å². The van der Waals surface area contributed by atoms with E-state index in [0.29, 0.717) is 18.1 Å². The number of likely N-dealkylation sites (tertiary alicyclic amines) is 2. The van der Waals surface area contributed by atoms with Crippen LogP contribution in [0.2, 0.25) is 0 Å². The Bertz CT molecular complexity index is 500. The summed E-state index contributed by atoms with van der Waals surface area (Å²) in [6, 6.07) is 0.500. The molecule has 1 aliphatic carbocycles. The zero-order chi connectivity index (χ0) is 17.4. The van der Waals surface area contributed by atoms with Gasteiger partial charge in [-0.1, -0.05) is 20.3 Å². The van der Waals surface area contributed by atoms with E-state index in [0.717, 1.165) is 31.6 Å². The van der Waals surface area contributed by atoms with Gasteiger partial charge in [0.05, 0.1) is 6.10 Å². The van der Waals surface area contributed by atoms with Crippen LogP contribution >= 0.6 is 0 Å². The van der Waals surface area contributed by atoms with E-state index in [2.05, 4.69) is 34.0 Å². The van der Waals surface area contributed by atoms with Gasteiger partial charge in [0.25, 0.3) is 0 Å². The molecule has 0 spiro atoms. The average Bonchev–Trinajstić information content (AvgIpc) is 3.25. The summed E-state index contributed by atoms with van der Waals surface area (Å²) >= 11 is 0. The van der Waals surface area contributed by atoms with Crippen molar-refractivity contribution in [2.75, 3.05) is 46.4 Å². The first-order chi connectivity index (χ1) is 12.1. The van der Waals surface area contributed by atoms with Crippen molar-refractivity contribution in [1.82, 2.24) is 15.1 Å². The molecule has 5 heteroatoms. The Hall–Kier alpha value is -0.810. The molecule has 4 rings (SSSR count). The molecule has 4 fully saturated rings. The Kier molecular flexibility index (Phi) is 4.98. The van der Waals surface area contributed by atoms with Gasteiger partial charge in [0.15, 0.2) is 5.96 Å². The summed E-state index contributed by atoms with van der Waals surface area (Å²) < 4.78 is 5.94. The standard InChI is InChI=1S/C20H36N4O/c1-20(2)17(16-8-12-25-18(16)20)22-19(21-3)24-11-7-15(14-24)13-23-9-5-4-6-10-23/h15-18H,4-14H2,1-3H3,(H,21,22). The number of hydrogen-bond acceptors (Lipinski definition) is 3. The molecule has 142 valence electrons. The summed E-state index contributed by atoms with van der Waals surface area (Å²) in [6.07, 6.45) is 7.14. The molecule has 1 saturated carbocycles. The zero-order valence-corrected chi connectivity index (χ0v) is 16.3. The van der Waals surface area contributed by atoms with E-state index in [9.17, 15) is 0 Å². The fourth-order valence-corrected chi connectivity index (χ4v) is 5.73. The molecule has 4 aliphatic rings. The highest BCUT2D eigenvalue weighted by Crippen LogP contribution is 2.52. The summed E-state index contributed by atoms with van der Waals surface area (Å²) in [4.78, 5) is 9.81. The topological polar surface area (TPSA) is 40.1 Å². The third-order valence-electron chi connectivity index (χ3n) is 7.15. The van der Waals surface area contributed by atoms with Crippen LogP contribution in [-0.2, 0) is 4.74 Å². The molecule has 25 heavy (non-hydrogen) atoms. The van der Waals surface area contributed by atoms with Crippen LogP contribution in [0, 0.1) is 17.3 Å². The second-order valence-electron chi connectivity index (χ2n) is 9.20. The molecule has 0 amide bonds. The molecule has 3 saturated heterocycles. The fraction of sp³-hybridized carbons (Fsp3) is 0.950. The maximum atomic E-state index is 5.94. The Morgan fingerprint density at radius 2 is 1.96 bits per heavy atom. The van der Waals surface area contributed by atoms with Crippen molar-refractivity contribution in [3.8, 4) is 0 Å². The lowest BCUT2D eigenvalue weighted by Crippen LogP contribution is -2.68. The number of piperidine rings is 1. The lowest BCUT2D eigenvalue weighted by molar-refractivity contribution is -0.107. The van der Waals surface area contributed by atoms with Gasteiger partial charge in [-0.25, -0.2) is 0 Å². The molecule has 1 N–H and O–H groups in total. The van der Waals surface area contributed by atoms with Gasteiger partial charge in [0.2, 0.25) is 0 Å². The number of fused-ring (bicyclic) bond motifs is 1. The van der Waals surface area contributed by atoms with Crippen LogP contribution < -0.4 is 5.32 Å². The Morgan fingerprint density at radius 1 is 1.16 bits per heavy atom. The summed E-state index contributed by atoms with van der Waals surface area (Å²) in [5.41, 5.74) is 0.212. The van der Waals surface area contributed by atoms with E-state index in [-0.39, 0.29) is 5.41 Å². The largest absolute Gasteiger partial charge is 0.377 e. The Morgan fingerprint density at radius 3 is 2.72 bits per heavy atom. The number of hydrogen-bond donors (Lipinski definition) is 1. The van der Waals surface area contributed by atoms with Crippen LogP contribution in [0.4, 0.5) is 0 Å². The molecule has 0 aromatic heterocycles. The van der Waals surface area contributed by atoms with Crippen molar-refractivity contribution in [3.05, 3.63) is 0 Å². The zero-order valence-electron chi connectivity index (χ0n) is 16.3. The highest BCUT2D eigenvalue weighted by molar-refractivity contribution is 5.80. The first-order valence-corrected chi connectivity index (χ1v) is 10.4. The highest BCUT2D eigenvalue weighted by Gasteiger charge is 2.59. The molecule has 3 aliphatic heterocycles. The molecule has 5 nitrogen and oxygen atoms in total. The number of rotatable bonds is 3. The number of nitrogens with one attached hydrogen (secondary N) is 1. The van der Waals surface area contributed by atoms with E-state index in [4.69, 9.17) is 4.74 Å². The van der Waals surface area contributed by atoms with Crippen LogP contribution in [0.5, 0.6) is 0 Å². The summed E-state index contributed by atoms with van der Waals surface area (Å²) in [6.45, 7) is 11.8. The second kappa shape index (κ2) is 7.07. The molecule has 0 aromatic rings. The summed E-state index contributed by atoms with van der Waals surface area (Å²) in [7, 11) is 1.94. The molecule has 0 aromatic carbocycles. The van der Waals surface area contributed by atoms with E-state index < -0.39 is 0 Å². The van der Waals surface area contributed by atoms with Gasteiger partial charge in [-0.15, -0.1) is 0 Å². The first kappa shape index (κ1) is 17.6. The maximum absolute atomic E-state index is 5.94. The third-order valence-corrected chi connectivity index (χ3v) is 7.15.